The van der Waals surface area contributed by atoms with Crippen LogP contribution in [0.3, 0.4) is 0 Å². The number of nitrogens with one attached hydrogen (secondary N) is 1. The third-order valence-electron chi connectivity index (χ3n) is 4.44. The molecule has 2 aromatic heterocycles. The van der Waals surface area contributed by atoms with Gasteiger partial charge in [-0.05, 0) is 32.6 Å². The predicted octanol–water partition coefficient (Wildman–Crippen LogP) is 3.19. The molecule has 1 aliphatic carbocycles. The summed E-state index contributed by atoms with van der Waals surface area (Å²) in [5.74, 6) is 2.59. The first-order valence-electron chi connectivity index (χ1n) is 7.98. The summed E-state index contributed by atoms with van der Waals surface area (Å²) in [5, 5.41) is 7.14. The fourth-order valence-corrected chi connectivity index (χ4v) is 4.19. The van der Waals surface area contributed by atoms with Gasteiger partial charge in [0.15, 0.2) is 0 Å². The maximum absolute atomic E-state index is 4.74. The monoisotopic (exact) mass is 302 g/mol. The van der Waals surface area contributed by atoms with Crippen molar-refractivity contribution in [2.75, 3.05) is 6.54 Å². The highest BCUT2D eigenvalue weighted by Gasteiger charge is 2.26. The number of hydrogen-bond acceptors (Lipinski definition) is 4. The van der Waals surface area contributed by atoms with Crippen LogP contribution in [0.25, 0.3) is 0 Å². The van der Waals surface area contributed by atoms with Gasteiger partial charge in [-0.25, -0.2) is 9.97 Å². The molecular weight excluding hydrogens is 280 g/mol. The zero-order valence-electron chi connectivity index (χ0n) is 12.5. The summed E-state index contributed by atoms with van der Waals surface area (Å²) in [6, 6.07) is 0. The van der Waals surface area contributed by atoms with Crippen molar-refractivity contribution in [3.05, 3.63) is 33.8 Å². The molecule has 3 heterocycles. The van der Waals surface area contributed by atoms with E-state index in [1.807, 2.05) is 11.3 Å². The summed E-state index contributed by atoms with van der Waals surface area (Å²) >= 11 is 1.83. The fraction of sp³-hybridized carbons (Fsp3) is 0.625. The standard InChI is InChI=1S/C16H22N4S/c1-11-9-20-6-2-3-13(15(20)18-11)7-17-8-14-10-21-16(19-14)12-4-5-12/h9-10,12-13,17H,2-8H2,1H3/t13-/m1/s1. The molecule has 4 nitrogen and oxygen atoms in total. The Morgan fingerprint density at radius 2 is 2.24 bits per heavy atom. The summed E-state index contributed by atoms with van der Waals surface area (Å²) < 4.78 is 2.33. The van der Waals surface area contributed by atoms with Gasteiger partial charge in [0.05, 0.1) is 16.4 Å². The van der Waals surface area contributed by atoms with Crippen LogP contribution in [0.5, 0.6) is 0 Å². The largest absolute Gasteiger partial charge is 0.334 e. The van der Waals surface area contributed by atoms with Crippen LogP contribution < -0.4 is 5.32 Å². The van der Waals surface area contributed by atoms with Crippen molar-refractivity contribution in [2.45, 2.75) is 57.5 Å². The van der Waals surface area contributed by atoms with Crippen LogP contribution in [-0.2, 0) is 13.1 Å². The number of rotatable bonds is 5. The lowest BCUT2D eigenvalue weighted by Gasteiger charge is -2.23. The van der Waals surface area contributed by atoms with E-state index in [-0.39, 0.29) is 0 Å². The first-order valence-corrected chi connectivity index (χ1v) is 8.86. The number of aryl methyl sites for hydroxylation is 2. The highest BCUT2D eigenvalue weighted by atomic mass is 32.1. The fourth-order valence-electron chi connectivity index (χ4n) is 3.20. The van der Waals surface area contributed by atoms with Crippen LogP contribution >= 0.6 is 11.3 Å². The number of hydrogen-bond donors (Lipinski definition) is 1. The lowest BCUT2D eigenvalue weighted by molar-refractivity contribution is 0.422. The van der Waals surface area contributed by atoms with E-state index in [0.717, 1.165) is 31.2 Å². The van der Waals surface area contributed by atoms with Gasteiger partial charge in [0.25, 0.3) is 0 Å². The number of aromatic nitrogens is 3. The molecule has 1 N–H and O–H groups in total. The lowest BCUT2D eigenvalue weighted by atomic mass is 9.99. The van der Waals surface area contributed by atoms with Crippen LogP contribution in [0.1, 0.15) is 59.7 Å². The summed E-state index contributed by atoms with van der Waals surface area (Å²) in [4.78, 5) is 9.44. The minimum Gasteiger partial charge on any atom is -0.334 e. The molecule has 0 bridgehead atoms. The second-order valence-corrected chi connectivity index (χ2v) is 7.24. The highest BCUT2D eigenvalue weighted by molar-refractivity contribution is 7.09. The lowest BCUT2D eigenvalue weighted by Crippen LogP contribution is -2.26. The van der Waals surface area contributed by atoms with Crippen LogP contribution in [0.2, 0.25) is 0 Å². The van der Waals surface area contributed by atoms with Gasteiger partial charge >= 0.3 is 0 Å². The average Bonchev–Trinajstić information content (AvgIpc) is 3.09. The van der Waals surface area contributed by atoms with Gasteiger partial charge in [0.1, 0.15) is 5.82 Å². The van der Waals surface area contributed by atoms with Crippen LogP contribution in [-0.4, -0.2) is 21.1 Å². The maximum Gasteiger partial charge on any atom is 0.113 e. The third-order valence-corrected chi connectivity index (χ3v) is 5.49. The molecule has 1 atom stereocenters. The highest BCUT2D eigenvalue weighted by Crippen LogP contribution is 2.41. The quantitative estimate of drug-likeness (QED) is 0.922. The molecule has 2 aliphatic rings. The van der Waals surface area contributed by atoms with E-state index in [1.165, 1.54) is 42.2 Å². The minimum absolute atomic E-state index is 0.550. The molecule has 4 rings (SSSR count). The van der Waals surface area contributed by atoms with E-state index >= 15 is 0 Å². The van der Waals surface area contributed by atoms with Gasteiger partial charge in [-0.15, -0.1) is 11.3 Å². The Hall–Kier alpha value is -1.20. The summed E-state index contributed by atoms with van der Waals surface area (Å²) in [5.41, 5.74) is 2.35. The van der Waals surface area contributed by atoms with E-state index in [2.05, 4.69) is 28.4 Å². The molecule has 1 aliphatic heterocycles. The van der Waals surface area contributed by atoms with Crippen LogP contribution in [0.4, 0.5) is 0 Å². The second kappa shape index (κ2) is 5.54. The molecule has 2 aromatic rings. The Kier molecular flexibility index (Phi) is 3.55. The zero-order valence-corrected chi connectivity index (χ0v) is 13.3. The Morgan fingerprint density at radius 1 is 1.33 bits per heavy atom. The minimum atomic E-state index is 0.550. The molecule has 0 unspecified atom stereocenters. The van der Waals surface area contributed by atoms with E-state index in [1.54, 1.807) is 0 Å². The van der Waals surface area contributed by atoms with Crippen molar-refractivity contribution in [3.8, 4) is 0 Å². The molecule has 1 fully saturated rings. The Balaban J connectivity index is 1.34. The Bertz CT molecular complexity index is 626. The molecule has 112 valence electrons. The van der Waals surface area contributed by atoms with Crippen LogP contribution in [0, 0.1) is 6.92 Å². The van der Waals surface area contributed by atoms with Crippen molar-refractivity contribution >= 4 is 11.3 Å². The summed E-state index contributed by atoms with van der Waals surface area (Å²) in [6.07, 6.45) is 7.37. The Morgan fingerprint density at radius 3 is 3.10 bits per heavy atom. The van der Waals surface area contributed by atoms with Crippen molar-refractivity contribution in [1.82, 2.24) is 19.9 Å². The molecule has 0 saturated heterocycles. The van der Waals surface area contributed by atoms with Gasteiger partial charge in [-0.2, -0.15) is 0 Å². The summed E-state index contributed by atoms with van der Waals surface area (Å²) in [7, 11) is 0. The van der Waals surface area contributed by atoms with E-state index < -0.39 is 0 Å². The molecule has 5 heteroatoms. The molecule has 21 heavy (non-hydrogen) atoms. The van der Waals surface area contributed by atoms with E-state index in [9.17, 15) is 0 Å². The predicted molar refractivity (Wildman–Crippen MR) is 84.7 cm³/mol. The first kappa shape index (κ1) is 13.5. The SMILES string of the molecule is Cc1cn2c(n1)[C@@H](CNCc1csc(C3CC3)n1)CCC2. The van der Waals surface area contributed by atoms with E-state index in [0.29, 0.717) is 5.92 Å². The maximum atomic E-state index is 4.74. The molecular formula is C16H22N4S. The number of thiazole rings is 1. The topological polar surface area (TPSA) is 42.7 Å². The molecule has 0 aromatic carbocycles. The van der Waals surface area contributed by atoms with Gasteiger partial charge in [0, 0.05) is 43.0 Å². The molecule has 0 spiro atoms. The molecule has 1 saturated carbocycles. The second-order valence-electron chi connectivity index (χ2n) is 6.36. The smallest absolute Gasteiger partial charge is 0.113 e. The van der Waals surface area contributed by atoms with Crippen molar-refractivity contribution in [1.29, 1.82) is 0 Å². The van der Waals surface area contributed by atoms with Gasteiger partial charge in [0.2, 0.25) is 0 Å². The molecule has 0 radical (unpaired) electrons. The third kappa shape index (κ3) is 2.90. The number of imidazole rings is 1. The average molecular weight is 302 g/mol. The first-order chi connectivity index (χ1) is 10.3. The van der Waals surface area contributed by atoms with Crippen LogP contribution in [0.15, 0.2) is 11.6 Å². The van der Waals surface area contributed by atoms with Crippen molar-refractivity contribution < 1.29 is 0 Å². The summed E-state index contributed by atoms with van der Waals surface area (Å²) in [6.45, 7) is 5.11. The van der Waals surface area contributed by atoms with Crippen molar-refractivity contribution in [3.63, 3.8) is 0 Å². The van der Waals surface area contributed by atoms with Crippen molar-refractivity contribution in [2.24, 2.45) is 0 Å². The number of nitrogens with zero attached hydrogens (tertiary/aromatic N) is 3. The molecule has 0 amide bonds. The normalized spacial score (nSPS) is 21.5. The number of fused-ring (bicyclic) bond motifs is 1. The van der Waals surface area contributed by atoms with Gasteiger partial charge < -0.3 is 9.88 Å². The van der Waals surface area contributed by atoms with Gasteiger partial charge in [-0.1, -0.05) is 0 Å². The zero-order chi connectivity index (χ0) is 14.2. The van der Waals surface area contributed by atoms with E-state index in [4.69, 9.17) is 9.97 Å². The Labute approximate surface area is 129 Å². The van der Waals surface area contributed by atoms with Gasteiger partial charge in [-0.3, -0.25) is 0 Å².